The van der Waals surface area contributed by atoms with E-state index in [1.807, 2.05) is 24.3 Å². The molecule has 26 heavy (non-hydrogen) atoms. The Balaban J connectivity index is 1.70. The summed E-state index contributed by atoms with van der Waals surface area (Å²) in [5.74, 6) is -0.144. The first-order valence-corrected chi connectivity index (χ1v) is 8.41. The van der Waals surface area contributed by atoms with Crippen molar-refractivity contribution in [2.75, 3.05) is 10.6 Å². The first-order chi connectivity index (χ1) is 12.5. The lowest BCUT2D eigenvalue weighted by molar-refractivity contribution is 0.102. The molecule has 0 atom stereocenters. The normalized spacial score (nSPS) is 10.6. The number of anilines is 3. The zero-order chi connectivity index (χ0) is 18.5. The number of rotatable bonds is 5. The van der Waals surface area contributed by atoms with E-state index in [0.29, 0.717) is 17.3 Å². The van der Waals surface area contributed by atoms with E-state index in [9.17, 15) is 9.18 Å². The fourth-order valence-electron chi connectivity index (χ4n) is 2.48. The summed E-state index contributed by atoms with van der Waals surface area (Å²) in [5.41, 5.74) is 3.66. The molecule has 0 saturated carbocycles. The fourth-order valence-corrected chi connectivity index (χ4v) is 2.48. The number of hydrogen-bond acceptors (Lipinski definition) is 3. The predicted molar refractivity (Wildman–Crippen MR) is 102 cm³/mol. The van der Waals surface area contributed by atoms with Crippen LogP contribution in [0.5, 0.6) is 0 Å². The van der Waals surface area contributed by atoms with Crippen LogP contribution in [-0.2, 0) is 0 Å². The summed E-state index contributed by atoms with van der Waals surface area (Å²) < 4.78 is 13.0. The molecule has 0 aliphatic rings. The first kappa shape index (κ1) is 17.6. The highest BCUT2D eigenvalue weighted by Gasteiger charge is 2.09. The average Bonchev–Trinajstić information content (AvgIpc) is 2.64. The number of carbonyl (C=O) groups excluding carboxylic acids is 1. The van der Waals surface area contributed by atoms with Crippen LogP contribution >= 0.6 is 0 Å². The van der Waals surface area contributed by atoms with Gasteiger partial charge in [-0.1, -0.05) is 26.0 Å². The second-order valence-corrected chi connectivity index (χ2v) is 6.29. The molecule has 1 amide bonds. The molecule has 0 radical (unpaired) electrons. The van der Waals surface area contributed by atoms with Crippen molar-refractivity contribution in [2.24, 2.45) is 0 Å². The van der Waals surface area contributed by atoms with E-state index in [0.717, 1.165) is 11.4 Å². The molecule has 0 aliphatic heterocycles. The molecule has 3 aromatic rings. The molecule has 0 aliphatic carbocycles. The van der Waals surface area contributed by atoms with Crippen LogP contribution in [0, 0.1) is 5.82 Å². The van der Waals surface area contributed by atoms with Gasteiger partial charge in [0.05, 0.1) is 0 Å². The van der Waals surface area contributed by atoms with Crippen molar-refractivity contribution < 1.29 is 9.18 Å². The maximum atomic E-state index is 13.0. The average molecular weight is 349 g/mol. The standard InChI is InChI=1S/C21H20FN3O/c1-14(2)15-3-7-18(8-4-15)25-21(26)20-13-19(11-12-23-20)24-17-9-5-16(22)6-10-17/h3-14H,1-2H3,(H,23,24)(H,25,26). The van der Waals surface area contributed by atoms with Gasteiger partial charge < -0.3 is 10.6 Å². The lowest BCUT2D eigenvalue weighted by Crippen LogP contribution is -2.13. The maximum Gasteiger partial charge on any atom is 0.274 e. The molecule has 0 saturated heterocycles. The third-order valence-corrected chi connectivity index (χ3v) is 3.96. The molecule has 2 aromatic carbocycles. The summed E-state index contributed by atoms with van der Waals surface area (Å²) in [6.45, 7) is 4.24. The molecule has 2 N–H and O–H groups in total. The molecule has 0 spiro atoms. The second-order valence-electron chi connectivity index (χ2n) is 6.29. The lowest BCUT2D eigenvalue weighted by atomic mass is 10.0. The third kappa shape index (κ3) is 4.45. The Hall–Kier alpha value is -3.21. The van der Waals surface area contributed by atoms with Gasteiger partial charge in [0.15, 0.2) is 0 Å². The predicted octanol–water partition coefficient (Wildman–Crippen LogP) is 5.34. The number of halogens is 1. The summed E-state index contributed by atoms with van der Waals surface area (Å²) in [4.78, 5) is 16.6. The number of carbonyl (C=O) groups is 1. The minimum atomic E-state index is -0.297. The van der Waals surface area contributed by atoms with Crippen molar-refractivity contribution >= 4 is 23.0 Å². The molecule has 3 rings (SSSR count). The van der Waals surface area contributed by atoms with E-state index >= 15 is 0 Å². The number of nitrogens with one attached hydrogen (secondary N) is 2. The van der Waals surface area contributed by atoms with Gasteiger partial charge >= 0.3 is 0 Å². The van der Waals surface area contributed by atoms with Crippen molar-refractivity contribution in [1.82, 2.24) is 4.98 Å². The number of aromatic nitrogens is 1. The van der Waals surface area contributed by atoms with E-state index in [1.165, 1.54) is 17.7 Å². The van der Waals surface area contributed by atoms with Crippen LogP contribution in [0.15, 0.2) is 66.9 Å². The smallest absolute Gasteiger partial charge is 0.274 e. The van der Waals surface area contributed by atoms with Gasteiger partial charge in [-0.05, 0) is 60.0 Å². The molecule has 0 unspecified atom stereocenters. The molecule has 0 bridgehead atoms. The molecular weight excluding hydrogens is 329 g/mol. The number of pyridine rings is 1. The van der Waals surface area contributed by atoms with Gasteiger partial charge in [0.1, 0.15) is 11.5 Å². The van der Waals surface area contributed by atoms with Crippen LogP contribution in [0.3, 0.4) is 0 Å². The van der Waals surface area contributed by atoms with Crippen LogP contribution in [0.1, 0.15) is 35.8 Å². The summed E-state index contributed by atoms with van der Waals surface area (Å²) in [5, 5.41) is 5.97. The highest BCUT2D eigenvalue weighted by Crippen LogP contribution is 2.19. The molecular formula is C21H20FN3O. The van der Waals surface area contributed by atoms with Gasteiger partial charge in [-0.15, -0.1) is 0 Å². The Kier molecular flexibility index (Phi) is 5.27. The number of hydrogen-bond donors (Lipinski definition) is 2. The van der Waals surface area contributed by atoms with E-state index in [4.69, 9.17) is 0 Å². The van der Waals surface area contributed by atoms with Gasteiger partial charge in [-0.25, -0.2) is 4.39 Å². The number of nitrogens with zero attached hydrogens (tertiary/aromatic N) is 1. The quantitative estimate of drug-likeness (QED) is 0.654. The number of amides is 1. The van der Waals surface area contributed by atoms with Crippen molar-refractivity contribution in [2.45, 2.75) is 19.8 Å². The Morgan fingerprint density at radius 1 is 0.923 bits per heavy atom. The van der Waals surface area contributed by atoms with Crippen LogP contribution in [0.25, 0.3) is 0 Å². The first-order valence-electron chi connectivity index (χ1n) is 8.41. The van der Waals surface area contributed by atoms with E-state index in [1.54, 1.807) is 30.5 Å². The molecule has 4 nitrogen and oxygen atoms in total. The summed E-state index contributed by atoms with van der Waals surface area (Å²) >= 11 is 0. The van der Waals surface area contributed by atoms with Crippen LogP contribution in [0.4, 0.5) is 21.5 Å². The van der Waals surface area contributed by atoms with E-state index in [2.05, 4.69) is 29.5 Å². The number of benzene rings is 2. The van der Waals surface area contributed by atoms with Crippen molar-refractivity contribution in [1.29, 1.82) is 0 Å². The Morgan fingerprint density at radius 2 is 1.58 bits per heavy atom. The summed E-state index contributed by atoms with van der Waals surface area (Å²) in [6.07, 6.45) is 1.56. The van der Waals surface area contributed by atoms with Crippen molar-refractivity contribution in [3.8, 4) is 0 Å². The molecule has 1 heterocycles. The van der Waals surface area contributed by atoms with Gasteiger partial charge in [-0.3, -0.25) is 9.78 Å². The Bertz CT molecular complexity index is 890. The Labute approximate surface area is 152 Å². The Morgan fingerprint density at radius 3 is 2.23 bits per heavy atom. The van der Waals surface area contributed by atoms with Gasteiger partial charge in [0.2, 0.25) is 0 Å². The van der Waals surface area contributed by atoms with E-state index in [-0.39, 0.29) is 11.7 Å². The van der Waals surface area contributed by atoms with Crippen LogP contribution in [-0.4, -0.2) is 10.9 Å². The maximum absolute atomic E-state index is 13.0. The van der Waals surface area contributed by atoms with Crippen molar-refractivity contribution in [3.63, 3.8) is 0 Å². The van der Waals surface area contributed by atoms with E-state index < -0.39 is 0 Å². The third-order valence-electron chi connectivity index (χ3n) is 3.96. The molecule has 0 fully saturated rings. The molecule has 5 heteroatoms. The largest absolute Gasteiger partial charge is 0.355 e. The monoisotopic (exact) mass is 349 g/mol. The zero-order valence-corrected chi connectivity index (χ0v) is 14.7. The SMILES string of the molecule is CC(C)c1ccc(NC(=O)c2cc(Nc3ccc(F)cc3)ccn2)cc1. The molecule has 132 valence electrons. The summed E-state index contributed by atoms with van der Waals surface area (Å²) in [6, 6.07) is 17.2. The topological polar surface area (TPSA) is 54.0 Å². The van der Waals surface area contributed by atoms with Gasteiger partial charge in [-0.2, -0.15) is 0 Å². The minimum Gasteiger partial charge on any atom is -0.355 e. The molecule has 1 aromatic heterocycles. The fraction of sp³-hybridized carbons (Fsp3) is 0.143. The van der Waals surface area contributed by atoms with Crippen molar-refractivity contribution in [3.05, 3.63) is 83.9 Å². The lowest BCUT2D eigenvalue weighted by Gasteiger charge is -2.10. The summed E-state index contributed by atoms with van der Waals surface area (Å²) in [7, 11) is 0. The van der Waals surface area contributed by atoms with Gasteiger partial charge in [0.25, 0.3) is 5.91 Å². The van der Waals surface area contributed by atoms with Crippen LogP contribution < -0.4 is 10.6 Å². The minimum absolute atomic E-state index is 0.287. The van der Waals surface area contributed by atoms with Crippen LogP contribution in [0.2, 0.25) is 0 Å². The highest BCUT2D eigenvalue weighted by molar-refractivity contribution is 6.03. The highest BCUT2D eigenvalue weighted by atomic mass is 19.1. The zero-order valence-electron chi connectivity index (χ0n) is 14.7. The second kappa shape index (κ2) is 7.78. The van der Waals surface area contributed by atoms with Gasteiger partial charge in [0, 0.05) is 23.3 Å².